The summed E-state index contributed by atoms with van der Waals surface area (Å²) >= 11 is 0. The molecule has 0 spiro atoms. The van der Waals surface area contributed by atoms with Gasteiger partial charge in [-0.05, 0) is 6.92 Å². The molecule has 1 atom stereocenters. The van der Waals surface area contributed by atoms with E-state index in [9.17, 15) is 9.59 Å². The summed E-state index contributed by atoms with van der Waals surface area (Å²) in [6.45, 7) is 2.90. The Morgan fingerprint density at radius 2 is 2.26 bits per heavy atom. The second-order valence-corrected chi connectivity index (χ2v) is 3.86. The molecule has 0 radical (unpaired) electrons. The van der Waals surface area contributed by atoms with E-state index >= 15 is 0 Å². The molecule has 1 aromatic heterocycles. The lowest BCUT2D eigenvalue weighted by Crippen LogP contribution is -2.40. The topological polar surface area (TPSA) is 118 Å². The van der Waals surface area contributed by atoms with Gasteiger partial charge in [0.1, 0.15) is 0 Å². The maximum atomic E-state index is 11.3. The molecule has 0 aliphatic heterocycles. The van der Waals surface area contributed by atoms with Crippen molar-refractivity contribution in [1.82, 2.24) is 25.6 Å². The number of carboxylic acid groups (broad SMARTS) is 1. The second-order valence-electron chi connectivity index (χ2n) is 3.86. The van der Waals surface area contributed by atoms with E-state index in [1.807, 2.05) is 6.92 Å². The minimum Gasteiger partial charge on any atom is -0.476 e. The average molecular weight is 271 g/mol. The zero-order chi connectivity index (χ0) is 14.3. The van der Waals surface area contributed by atoms with Crippen LogP contribution in [-0.2, 0) is 11.3 Å². The molecular weight excluding hydrogens is 254 g/mol. The van der Waals surface area contributed by atoms with Crippen LogP contribution >= 0.6 is 0 Å². The first kappa shape index (κ1) is 14.9. The lowest BCUT2D eigenvalue weighted by molar-refractivity contribution is 0.0690. The van der Waals surface area contributed by atoms with Crippen molar-refractivity contribution in [1.29, 1.82) is 0 Å². The molecule has 1 aromatic rings. The van der Waals surface area contributed by atoms with Gasteiger partial charge in [-0.3, -0.25) is 0 Å². The second kappa shape index (κ2) is 7.31. The van der Waals surface area contributed by atoms with Gasteiger partial charge in [-0.25, -0.2) is 14.3 Å². The Morgan fingerprint density at radius 3 is 2.84 bits per heavy atom. The molecule has 3 N–H and O–H groups in total. The van der Waals surface area contributed by atoms with Gasteiger partial charge in [0, 0.05) is 20.2 Å². The molecule has 0 saturated heterocycles. The average Bonchev–Trinajstić information content (AvgIpc) is 2.85. The first-order valence-electron chi connectivity index (χ1n) is 5.71. The van der Waals surface area contributed by atoms with Gasteiger partial charge in [-0.1, -0.05) is 5.21 Å². The predicted octanol–water partition coefficient (Wildman–Crippen LogP) is -0.690. The standard InChI is InChI=1S/C10H17N5O4/c1-7(19-2)5-12-10(18)11-3-4-15-6-8(9(16)17)13-14-15/h6-7H,3-5H2,1-2H3,(H,16,17)(H2,11,12,18). The summed E-state index contributed by atoms with van der Waals surface area (Å²) in [6, 6.07) is -0.317. The minimum absolute atomic E-state index is 0.0563. The molecule has 106 valence electrons. The maximum Gasteiger partial charge on any atom is 0.358 e. The Kier molecular flexibility index (Phi) is 5.73. The Balaban J connectivity index is 2.22. The molecule has 0 aliphatic rings. The zero-order valence-electron chi connectivity index (χ0n) is 10.8. The number of carboxylic acids is 1. The van der Waals surface area contributed by atoms with Gasteiger partial charge in [0.05, 0.1) is 18.8 Å². The van der Waals surface area contributed by atoms with Crippen molar-refractivity contribution in [3.05, 3.63) is 11.9 Å². The summed E-state index contributed by atoms with van der Waals surface area (Å²) in [5.74, 6) is -1.13. The third kappa shape index (κ3) is 5.34. The highest BCUT2D eigenvalue weighted by Crippen LogP contribution is 1.91. The lowest BCUT2D eigenvalue weighted by atomic mass is 10.4. The third-order valence-corrected chi connectivity index (χ3v) is 2.34. The van der Waals surface area contributed by atoms with Crippen LogP contribution in [0.5, 0.6) is 0 Å². The van der Waals surface area contributed by atoms with Crippen LogP contribution < -0.4 is 10.6 Å². The zero-order valence-corrected chi connectivity index (χ0v) is 10.8. The van der Waals surface area contributed by atoms with Gasteiger partial charge in [0.2, 0.25) is 0 Å². The Bertz CT molecular complexity index is 433. The van der Waals surface area contributed by atoms with Gasteiger partial charge in [-0.15, -0.1) is 5.10 Å². The highest BCUT2D eigenvalue weighted by Gasteiger charge is 2.08. The molecule has 0 fully saturated rings. The quantitative estimate of drug-likeness (QED) is 0.604. The Hall–Kier alpha value is -2.16. The van der Waals surface area contributed by atoms with E-state index in [0.717, 1.165) is 0 Å². The van der Waals surface area contributed by atoms with Crippen LogP contribution in [0.15, 0.2) is 6.20 Å². The molecule has 2 amide bonds. The largest absolute Gasteiger partial charge is 0.476 e. The molecule has 0 saturated carbocycles. The van der Waals surface area contributed by atoms with Crippen LogP contribution in [0.4, 0.5) is 4.79 Å². The van der Waals surface area contributed by atoms with Crippen molar-refractivity contribution >= 4 is 12.0 Å². The van der Waals surface area contributed by atoms with E-state index in [-0.39, 0.29) is 17.8 Å². The third-order valence-electron chi connectivity index (χ3n) is 2.34. The number of aromatic carboxylic acids is 1. The smallest absolute Gasteiger partial charge is 0.358 e. The molecule has 9 heteroatoms. The van der Waals surface area contributed by atoms with Crippen LogP contribution in [0.3, 0.4) is 0 Å². The predicted molar refractivity (Wildman–Crippen MR) is 64.9 cm³/mol. The summed E-state index contributed by atoms with van der Waals surface area (Å²) in [4.78, 5) is 21.9. The molecule has 19 heavy (non-hydrogen) atoms. The van der Waals surface area contributed by atoms with Crippen LogP contribution in [-0.4, -0.2) is 58.4 Å². The molecular formula is C10H17N5O4. The fourth-order valence-corrected chi connectivity index (χ4v) is 1.17. The van der Waals surface area contributed by atoms with E-state index in [2.05, 4.69) is 20.9 Å². The number of hydrogen-bond donors (Lipinski definition) is 3. The van der Waals surface area contributed by atoms with Crippen molar-refractivity contribution < 1.29 is 19.4 Å². The highest BCUT2D eigenvalue weighted by atomic mass is 16.5. The number of aromatic nitrogens is 3. The van der Waals surface area contributed by atoms with Crippen LogP contribution in [0.25, 0.3) is 0 Å². The van der Waals surface area contributed by atoms with E-state index in [4.69, 9.17) is 9.84 Å². The molecule has 0 aliphatic carbocycles. The molecule has 0 bridgehead atoms. The van der Waals surface area contributed by atoms with Gasteiger partial charge in [0.25, 0.3) is 0 Å². The molecule has 9 nitrogen and oxygen atoms in total. The summed E-state index contributed by atoms with van der Waals surface area (Å²) < 4.78 is 6.33. The number of ether oxygens (including phenoxy) is 1. The number of nitrogens with one attached hydrogen (secondary N) is 2. The molecule has 1 unspecified atom stereocenters. The summed E-state index contributed by atoms with van der Waals surface area (Å²) in [5.41, 5.74) is -0.127. The maximum absolute atomic E-state index is 11.3. The normalized spacial score (nSPS) is 11.9. The van der Waals surface area contributed by atoms with Gasteiger partial charge >= 0.3 is 12.0 Å². The van der Waals surface area contributed by atoms with Crippen LogP contribution in [0.2, 0.25) is 0 Å². The molecule has 1 rings (SSSR count). The lowest BCUT2D eigenvalue weighted by Gasteiger charge is -2.11. The van der Waals surface area contributed by atoms with Gasteiger partial charge in [0.15, 0.2) is 5.69 Å². The van der Waals surface area contributed by atoms with Crippen LogP contribution in [0, 0.1) is 0 Å². The first-order valence-corrected chi connectivity index (χ1v) is 5.71. The summed E-state index contributed by atoms with van der Waals surface area (Å²) in [6.07, 6.45) is 1.24. The summed E-state index contributed by atoms with van der Waals surface area (Å²) in [7, 11) is 1.56. The Labute approximate surface area is 109 Å². The number of rotatable bonds is 7. The van der Waals surface area contributed by atoms with Crippen molar-refractivity contribution in [3.63, 3.8) is 0 Å². The van der Waals surface area contributed by atoms with Crippen molar-refractivity contribution in [2.75, 3.05) is 20.2 Å². The summed E-state index contributed by atoms with van der Waals surface area (Å²) in [5, 5.41) is 21.0. The van der Waals surface area contributed by atoms with E-state index in [1.54, 1.807) is 7.11 Å². The monoisotopic (exact) mass is 271 g/mol. The van der Waals surface area contributed by atoms with Gasteiger partial charge in [-0.2, -0.15) is 0 Å². The molecule has 0 aromatic carbocycles. The Morgan fingerprint density at radius 1 is 1.53 bits per heavy atom. The fraction of sp³-hybridized carbons (Fsp3) is 0.600. The number of nitrogens with zero attached hydrogens (tertiary/aromatic N) is 3. The fourth-order valence-electron chi connectivity index (χ4n) is 1.17. The van der Waals surface area contributed by atoms with Crippen LogP contribution in [0.1, 0.15) is 17.4 Å². The van der Waals surface area contributed by atoms with E-state index in [1.165, 1.54) is 10.9 Å². The minimum atomic E-state index is -1.13. The highest BCUT2D eigenvalue weighted by molar-refractivity contribution is 5.84. The molecule has 1 heterocycles. The number of carbonyl (C=O) groups excluding carboxylic acids is 1. The number of hydrogen-bond acceptors (Lipinski definition) is 5. The number of amides is 2. The van der Waals surface area contributed by atoms with E-state index < -0.39 is 5.97 Å². The van der Waals surface area contributed by atoms with E-state index in [0.29, 0.717) is 19.6 Å². The van der Waals surface area contributed by atoms with Crippen molar-refractivity contribution in [2.45, 2.75) is 19.6 Å². The number of urea groups is 1. The number of carbonyl (C=O) groups is 2. The van der Waals surface area contributed by atoms with Crippen molar-refractivity contribution in [2.24, 2.45) is 0 Å². The SMILES string of the molecule is COC(C)CNC(=O)NCCn1cc(C(=O)O)nn1. The van der Waals surface area contributed by atoms with Gasteiger partial charge < -0.3 is 20.5 Å². The number of methoxy groups -OCH3 is 1. The first-order chi connectivity index (χ1) is 9.02. The van der Waals surface area contributed by atoms with Crippen molar-refractivity contribution in [3.8, 4) is 0 Å².